The first-order chi connectivity index (χ1) is 12.2. The van der Waals surface area contributed by atoms with E-state index in [4.69, 9.17) is 0 Å². The summed E-state index contributed by atoms with van der Waals surface area (Å²) in [6.45, 7) is 2.05. The monoisotopic (exact) mass is 338 g/mol. The molecule has 3 unspecified atom stereocenters. The average Bonchev–Trinajstić information content (AvgIpc) is 3.25. The summed E-state index contributed by atoms with van der Waals surface area (Å²) in [5, 5.41) is 11.1. The number of aromatic nitrogens is 2. The first-order valence-electron chi connectivity index (χ1n) is 9.33. The molecule has 0 saturated carbocycles. The summed E-state index contributed by atoms with van der Waals surface area (Å²) in [5.74, 6) is 0.699. The van der Waals surface area contributed by atoms with Gasteiger partial charge in [-0.15, -0.1) is 0 Å². The van der Waals surface area contributed by atoms with Crippen LogP contribution >= 0.6 is 0 Å². The summed E-state index contributed by atoms with van der Waals surface area (Å²) in [7, 11) is 0. The predicted molar refractivity (Wildman–Crippen MR) is 97.4 cm³/mol. The fourth-order valence-corrected chi connectivity index (χ4v) is 4.35. The van der Waals surface area contributed by atoms with Crippen LogP contribution in [0.15, 0.2) is 42.7 Å². The molecular formula is C20H26N4O. The van der Waals surface area contributed by atoms with Crippen LogP contribution in [0, 0.1) is 5.92 Å². The molecule has 2 bridgehead atoms. The zero-order chi connectivity index (χ0) is 17.2. The summed E-state index contributed by atoms with van der Waals surface area (Å²) in [5.41, 5.74) is 2.12. The highest BCUT2D eigenvalue weighted by Gasteiger charge is 2.34. The largest absolute Gasteiger partial charge is 0.350 e. The van der Waals surface area contributed by atoms with Crippen LogP contribution in [0.5, 0.6) is 0 Å². The lowest BCUT2D eigenvalue weighted by Crippen LogP contribution is -2.40. The van der Waals surface area contributed by atoms with Gasteiger partial charge in [-0.2, -0.15) is 5.10 Å². The van der Waals surface area contributed by atoms with E-state index in [9.17, 15) is 4.79 Å². The summed E-state index contributed by atoms with van der Waals surface area (Å²) in [4.78, 5) is 12.5. The maximum Gasteiger partial charge on any atom is 0.220 e. The molecule has 4 rings (SSSR count). The fourth-order valence-electron chi connectivity index (χ4n) is 4.35. The SMILES string of the molecule is CC(NC(=O)CC1CC2CCC(C1)N2)c1cccc(-n2cccn2)c1. The Morgan fingerprint density at radius 1 is 1.32 bits per heavy atom. The van der Waals surface area contributed by atoms with E-state index in [1.54, 1.807) is 6.20 Å². The van der Waals surface area contributed by atoms with E-state index in [0.717, 1.165) is 24.1 Å². The van der Waals surface area contributed by atoms with Crippen molar-refractivity contribution >= 4 is 5.91 Å². The lowest BCUT2D eigenvalue weighted by atomic mass is 9.89. The zero-order valence-corrected chi connectivity index (χ0v) is 14.7. The molecule has 5 heteroatoms. The third-order valence-corrected chi connectivity index (χ3v) is 5.56. The van der Waals surface area contributed by atoms with Crippen LogP contribution in [-0.4, -0.2) is 27.8 Å². The molecule has 5 nitrogen and oxygen atoms in total. The molecule has 0 aliphatic carbocycles. The second-order valence-corrected chi connectivity index (χ2v) is 7.51. The predicted octanol–water partition coefficient (Wildman–Crippen LogP) is 2.97. The van der Waals surface area contributed by atoms with Gasteiger partial charge in [0, 0.05) is 30.9 Å². The molecule has 0 radical (unpaired) electrons. The Morgan fingerprint density at radius 2 is 2.12 bits per heavy atom. The first kappa shape index (κ1) is 16.3. The molecule has 132 valence electrons. The number of nitrogens with one attached hydrogen (secondary N) is 2. The van der Waals surface area contributed by atoms with Gasteiger partial charge in [-0.05, 0) is 62.3 Å². The first-order valence-corrected chi connectivity index (χ1v) is 9.33. The number of benzene rings is 1. The van der Waals surface area contributed by atoms with Crippen molar-refractivity contribution in [2.24, 2.45) is 5.92 Å². The Labute approximate surface area is 148 Å². The van der Waals surface area contributed by atoms with Crippen molar-refractivity contribution in [1.29, 1.82) is 0 Å². The molecule has 2 N–H and O–H groups in total. The van der Waals surface area contributed by atoms with E-state index < -0.39 is 0 Å². The van der Waals surface area contributed by atoms with Crippen LogP contribution in [0.3, 0.4) is 0 Å². The van der Waals surface area contributed by atoms with Gasteiger partial charge in [0.1, 0.15) is 0 Å². The zero-order valence-electron chi connectivity index (χ0n) is 14.7. The molecular weight excluding hydrogens is 312 g/mol. The Morgan fingerprint density at radius 3 is 2.84 bits per heavy atom. The molecule has 2 saturated heterocycles. The number of hydrogen-bond acceptors (Lipinski definition) is 3. The van der Waals surface area contributed by atoms with Crippen molar-refractivity contribution in [2.45, 2.75) is 57.2 Å². The molecule has 3 heterocycles. The number of amides is 1. The Bertz CT molecular complexity index is 715. The maximum absolute atomic E-state index is 12.5. The molecule has 1 aromatic carbocycles. The molecule has 2 fully saturated rings. The van der Waals surface area contributed by atoms with Crippen molar-refractivity contribution in [3.63, 3.8) is 0 Å². The highest BCUT2D eigenvalue weighted by molar-refractivity contribution is 5.76. The molecule has 25 heavy (non-hydrogen) atoms. The second kappa shape index (κ2) is 7.00. The molecule has 2 aliphatic rings. The highest BCUT2D eigenvalue weighted by atomic mass is 16.1. The second-order valence-electron chi connectivity index (χ2n) is 7.51. The summed E-state index contributed by atoms with van der Waals surface area (Å²) >= 11 is 0. The lowest BCUT2D eigenvalue weighted by Gasteiger charge is -2.29. The fraction of sp³-hybridized carbons (Fsp3) is 0.500. The van der Waals surface area contributed by atoms with Gasteiger partial charge in [0.25, 0.3) is 0 Å². The smallest absolute Gasteiger partial charge is 0.220 e. The molecule has 1 aromatic heterocycles. The van der Waals surface area contributed by atoms with Crippen molar-refractivity contribution < 1.29 is 4.79 Å². The number of hydrogen-bond donors (Lipinski definition) is 2. The minimum Gasteiger partial charge on any atom is -0.350 e. The Hall–Kier alpha value is -2.14. The van der Waals surface area contributed by atoms with Gasteiger partial charge in [-0.25, -0.2) is 4.68 Å². The van der Waals surface area contributed by atoms with Crippen molar-refractivity contribution in [2.75, 3.05) is 0 Å². The topological polar surface area (TPSA) is 59.0 Å². The van der Waals surface area contributed by atoms with E-state index in [2.05, 4.69) is 27.9 Å². The van der Waals surface area contributed by atoms with Crippen molar-refractivity contribution in [1.82, 2.24) is 20.4 Å². The van der Waals surface area contributed by atoms with E-state index in [1.807, 2.05) is 36.0 Å². The van der Waals surface area contributed by atoms with Gasteiger partial charge in [0.2, 0.25) is 5.91 Å². The third-order valence-electron chi connectivity index (χ3n) is 5.56. The van der Waals surface area contributed by atoms with Crippen LogP contribution in [-0.2, 0) is 4.79 Å². The number of carbonyl (C=O) groups is 1. The quantitative estimate of drug-likeness (QED) is 0.881. The third kappa shape index (κ3) is 3.76. The van der Waals surface area contributed by atoms with Gasteiger partial charge in [0.15, 0.2) is 0 Å². The number of fused-ring (bicyclic) bond motifs is 2. The van der Waals surface area contributed by atoms with Gasteiger partial charge in [0.05, 0.1) is 11.7 Å². The van der Waals surface area contributed by atoms with Crippen LogP contribution in [0.25, 0.3) is 5.69 Å². The van der Waals surface area contributed by atoms with E-state index in [1.165, 1.54) is 12.8 Å². The van der Waals surface area contributed by atoms with Gasteiger partial charge in [-0.1, -0.05) is 12.1 Å². The van der Waals surface area contributed by atoms with Crippen molar-refractivity contribution in [3.05, 3.63) is 48.3 Å². The Kier molecular flexibility index (Phi) is 4.57. The van der Waals surface area contributed by atoms with Gasteiger partial charge in [-0.3, -0.25) is 4.79 Å². The molecule has 2 aliphatic heterocycles. The maximum atomic E-state index is 12.5. The number of piperidine rings is 1. The van der Waals surface area contributed by atoms with E-state index >= 15 is 0 Å². The standard InChI is InChI=1S/C20H26N4O/c1-14(16-4-2-5-19(13-16)24-9-3-8-21-24)22-20(25)12-15-10-17-6-7-18(11-15)23-17/h2-5,8-9,13-15,17-18,23H,6-7,10-12H2,1H3,(H,22,25). The van der Waals surface area contributed by atoms with Gasteiger partial charge >= 0.3 is 0 Å². The number of rotatable bonds is 5. The van der Waals surface area contributed by atoms with Crippen LogP contribution in [0.1, 0.15) is 50.6 Å². The lowest BCUT2D eigenvalue weighted by molar-refractivity contribution is -0.122. The average molecular weight is 338 g/mol. The summed E-state index contributed by atoms with van der Waals surface area (Å²) < 4.78 is 1.84. The number of carbonyl (C=O) groups excluding carboxylic acids is 1. The summed E-state index contributed by atoms with van der Waals surface area (Å²) in [6.07, 6.45) is 9.19. The minimum absolute atomic E-state index is 0.00134. The van der Waals surface area contributed by atoms with Gasteiger partial charge < -0.3 is 10.6 Å². The van der Waals surface area contributed by atoms with E-state index in [0.29, 0.717) is 24.4 Å². The van der Waals surface area contributed by atoms with E-state index in [-0.39, 0.29) is 11.9 Å². The molecule has 1 amide bonds. The summed E-state index contributed by atoms with van der Waals surface area (Å²) in [6, 6.07) is 11.4. The van der Waals surface area contributed by atoms with Crippen LogP contribution in [0.4, 0.5) is 0 Å². The molecule has 3 atom stereocenters. The highest BCUT2D eigenvalue weighted by Crippen LogP contribution is 2.32. The number of nitrogens with zero attached hydrogens (tertiary/aromatic N) is 2. The Balaban J connectivity index is 1.36. The molecule has 2 aromatic rings. The van der Waals surface area contributed by atoms with Crippen molar-refractivity contribution in [3.8, 4) is 5.69 Å². The van der Waals surface area contributed by atoms with Crippen LogP contribution in [0.2, 0.25) is 0 Å². The van der Waals surface area contributed by atoms with Crippen LogP contribution < -0.4 is 10.6 Å². The normalized spacial score (nSPS) is 26.4. The minimum atomic E-state index is 0.00134. The molecule has 0 spiro atoms.